The quantitative estimate of drug-likeness (QED) is 0.689. The molecule has 0 saturated carbocycles. The Balaban J connectivity index is 2.11. The fourth-order valence-corrected chi connectivity index (χ4v) is 1.93. The Morgan fingerprint density at radius 2 is 2.14 bits per heavy atom. The summed E-state index contributed by atoms with van der Waals surface area (Å²) in [5.74, 6) is -0.391. The summed E-state index contributed by atoms with van der Waals surface area (Å²) in [6.07, 6.45) is 4.87. The van der Waals surface area contributed by atoms with Crippen LogP contribution >= 0.6 is 0 Å². The van der Waals surface area contributed by atoms with Gasteiger partial charge in [-0.3, -0.25) is 9.48 Å². The van der Waals surface area contributed by atoms with Gasteiger partial charge in [0, 0.05) is 18.8 Å². The van der Waals surface area contributed by atoms with Gasteiger partial charge in [0.15, 0.2) is 0 Å². The summed E-state index contributed by atoms with van der Waals surface area (Å²) in [7, 11) is 1.78. The third-order valence-corrected chi connectivity index (χ3v) is 3.05. The van der Waals surface area contributed by atoms with E-state index in [2.05, 4.69) is 10.4 Å². The van der Waals surface area contributed by atoms with Crippen LogP contribution in [0.5, 0.6) is 0 Å². The molecule has 1 unspecified atom stereocenters. The van der Waals surface area contributed by atoms with Gasteiger partial charge < -0.3 is 5.32 Å². The standard InChI is InChI=1S/C16H16N4O/c1-12(14-6-4-3-5-7-14)19-16(21)15(9-17)8-13-10-18-20(2)11-13/h3-8,10-12H,1-2H3,(H,19,21)/b15-8+. The van der Waals surface area contributed by atoms with Crippen molar-refractivity contribution in [1.82, 2.24) is 15.1 Å². The second kappa shape index (κ2) is 6.53. The van der Waals surface area contributed by atoms with Crippen molar-refractivity contribution in [3.8, 4) is 6.07 Å². The van der Waals surface area contributed by atoms with Crippen molar-refractivity contribution in [3.63, 3.8) is 0 Å². The van der Waals surface area contributed by atoms with E-state index in [0.29, 0.717) is 0 Å². The Morgan fingerprint density at radius 1 is 1.43 bits per heavy atom. The van der Waals surface area contributed by atoms with Gasteiger partial charge in [0.25, 0.3) is 5.91 Å². The molecule has 0 radical (unpaired) electrons. The Hall–Kier alpha value is -2.87. The minimum Gasteiger partial charge on any atom is -0.345 e. The van der Waals surface area contributed by atoms with E-state index in [4.69, 9.17) is 5.26 Å². The largest absolute Gasteiger partial charge is 0.345 e. The van der Waals surface area contributed by atoms with E-state index in [1.165, 1.54) is 6.08 Å². The number of hydrogen-bond donors (Lipinski definition) is 1. The van der Waals surface area contributed by atoms with Crippen LogP contribution in [0.25, 0.3) is 6.08 Å². The molecule has 5 nitrogen and oxygen atoms in total. The van der Waals surface area contributed by atoms with Gasteiger partial charge in [-0.2, -0.15) is 10.4 Å². The number of amides is 1. The zero-order chi connectivity index (χ0) is 15.2. The lowest BCUT2D eigenvalue weighted by molar-refractivity contribution is -0.117. The molecule has 0 saturated heterocycles. The summed E-state index contributed by atoms with van der Waals surface area (Å²) >= 11 is 0. The van der Waals surface area contributed by atoms with Gasteiger partial charge >= 0.3 is 0 Å². The molecule has 0 aliphatic heterocycles. The molecule has 0 spiro atoms. The molecule has 1 N–H and O–H groups in total. The molecular formula is C16H16N4O. The Morgan fingerprint density at radius 3 is 2.71 bits per heavy atom. The lowest BCUT2D eigenvalue weighted by Crippen LogP contribution is -2.27. The average Bonchev–Trinajstić information content (AvgIpc) is 2.90. The van der Waals surface area contributed by atoms with E-state index >= 15 is 0 Å². The molecule has 5 heteroatoms. The molecular weight excluding hydrogens is 264 g/mol. The number of nitrogens with one attached hydrogen (secondary N) is 1. The zero-order valence-corrected chi connectivity index (χ0v) is 11.9. The number of aryl methyl sites for hydroxylation is 1. The molecule has 1 aromatic heterocycles. The smallest absolute Gasteiger partial charge is 0.262 e. The SMILES string of the molecule is CC(NC(=O)/C(C#N)=C/c1cnn(C)c1)c1ccccc1. The van der Waals surface area contributed by atoms with E-state index in [1.807, 2.05) is 43.3 Å². The number of nitriles is 1. The van der Waals surface area contributed by atoms with Crippen LogP contribution in [0.4, 0.5) is 0 Å². The van der Waals surface area contributed by atoms with Crippen LogP contribution < -0.4 is 5.32 Å². The molecule has 2 rings (SSSR count). The Labute approximate surface area is 123 Å². The molecule has 1 heterocycles. The Bertz CT molecular complexity index is 695. The minimum atomic E-state index is -0.391. The highest BCUT2D eigenvalue weighted by molar-refractivity contribution is 6.01. The Kier molecular flexibility index (Phi) is 4.52. The predicted molar refractivity (Wildman–Crippen MR) is 79.8 cm³/mol. The predicted octanol–water partition coefficient (Wildman–Crippen LogP) is 2.20. The van der Waals surface area contributed by atoms with Gasteiger partial charge in [-0.1, -0.05) is 30.3 Å². The third-order valence-electron chi connectivity index (χ3n) is 3.05. The first-order chi connectivity index (χ1) is 10.1. The van der Waals surface area contributed by atoms with Gasteiger partial charge in [-0.25, -0.2) is 0 Å². The molecule has 106 valence electrons. The second-order valence-electron chi connectivity index (χ2n) is 4.72. The van der Waals surface area contributed by atoms with Crippen molar-refractivity contribution in [2.75, 3.05) is 0 Å². The molecule has 0 aliphatic rings. The number of carbonyl (C=O) groups is 1. The molecule has 0 bridgehead atoms. The zero-order valence-electron chi connectivity index (χ0n) is 11.9. The summed E-state index contributed by atoms with van der Waals surface area (Å²) in [4.78, 5) is 12.1. The number of nitrogens with zero attached hydrogens (tertiary/aromatic N) is 3. The van der Waals surface area contributed by atoms with Crippen LogP contribution in [0.1, 0.15) is 24.1 Å². The molecule has 21 heavy (non-hydrogen) atoms. The lowest BCUT2D eigenvalue weighted by Gasteiger charge is -2.13. The summed E-state index contributed by atoms with van der Waals surface area (Å²) in [5, 5.41) is 16.0. The third kappa shape index (κ3) is 3.80. The molecule has 0 aliphatic carbocycles. The minimum absolute atomic E-state index is 0.0609. The highest BCUT2D eigenvalue weighted by atomic mass is 16.1. The van der Waals surface area contributed by atoms with Crippen LogP contribution in [-0.2, 0) is 11.8 Å². The first-order valence-electron chi connectivity index (χ1n) is 6.56. The summed E-state index contributed by atoms with van der Waals surface area (Å²) in [5.41, 5.74) is 1.77. The maximum atomic E-state index is 12.1. The molecule has 1 amide bonds. The van der Waals surface area contributed by atoms with Gasteiger partial charge in [0.1, 0.15) is 11.6 Å². The summed E-state index contributed by atoms with van der Waals surface area (Å²) < 4.78 is 1.62. The van der Waals surface area contributed by atoms with Crippen molar-refractivity contribution < 1.29 is 4.79 Å². The molecule has 0 fully saturated rings. The van der Waals surface area contributed by atoms with Crippen molar-refractivity contribution in [1.29, 1.82) is 5.26 Å². The van der Waals surface area contributed by atoms with Crippen molar-refractivity contribution in [2.24, 2.45) is 7.05 Å². The maximum absolute atomic E-state index is 12.1. The first-order valence-corrected chi connectivity index (χ1v) is 6.56. The van der Waals surface area contributed by atoms with E-state index < -0.39 is 5.91 Å². The highest BCUT2D eigenvalue weighted by Gasteiger charge is 2.13. The lowest BCUT2D eigenvalue weighted by atomic mass is 10.1. The number of aromatic nitrogens is 2. The molecule has 2 aromatic rings. The molecule has 1 aromatic carbocycles. The second-order valence-corrected chi connectivity index (χ2v) is 4.72. The van der Waals surface area contributed by atoms with Gasteiger partial charge in [0.2, 0.25) is 0 Å². The highest BCUT2D eigenvalue weighted by Crippen LogP contribution is 2.13. The van der Waals surface area contributed by atoms with E-state index in [9.17, 15) is 4.79 Å². The number of benzene rings is 1. The summed E-state index contributed by atoms with van der Waals surface area (Å²) in [6.45, 7) is 1.88. The number of rotatable bonds is 4. The van der Waals surface area contributed by atoms with Crippen molar-refractivity contribution >= 4 is 12.0 Å². The average molecular weight is 280 g/mol. The van der Waals surface area contributed by atoms with Gasteiger partial charge in [-0.05, 0) is 18.6 Å². The van der Waals surface area contributed by atoms with Crippen LogP contribution in [-0.4, -0.2) is 15.7 Å². The van der Waals surface area contributed by atoms with Crippen LogP contribution in [0.2, 0.25) is 0 Å². The van der Waals surface area contributed by atoms with E-state index in [1.54, 1.807) is 24.1 Å². The van der Waals surface area contributed by atoms with Crippen molar-refractivity contribution in [3.05, 3.63) is 59.4 Å². The van der Waals surface area contributed by atoms with Crippen molar-refractivity contribution in [2.45, 2.75) is 13.0 Å². The topological polar surface area (TPSA) is 70.7 Å². The maximum Gasteiger partial charge on any atom is 0.262 e. The molecule has 1 atom stereocenters. The number of hydrogen-bond acceptors (Lipinski definition) is 3. The van der Waals surface area contributed by atoms with Gasteiger partial charge in [-0.15, -0.1) is 0 Å². The first kappa shape index (κ1) is 14.5. The van der Waals surface area contributed by atoms with Crippen LogP contribution in [0.15, 0.2) is 48.3 Å². The fraction of sp³-hybridized carbons (Fsp3) is 0.188. The van der Waals surface area contributed by atoms with Crippen LogP contribution in [0, 0.1) is 11.3 Å². The monoisotopic (exact) mass is 280 g/mol. The summed E-state index contributed by atoms with van der Waals surface area (Å²) in [6, 6.07) is 11.4. The van der Waals surface area contributed by atoms with Gasteiger partial charge in [0.05, 0.1) is 12.2 Å². The van der Waals surface area contributed by atoms with E-state index in [0.717, 1.165) is 11.1 Å². The van der Waals surface area contributed by atoms with E-state index in [-0.39, 0.29) is 11.6 Å². The number of carbonyl (C=O) groups excluding carboxylic acids is 1. The fourth-order valence-electron chi connectivity index (χ4n) is 1.93. The normalized spacial score (nSPS) is 12.5. The van der Waals surface area contributed by atoms with Crippen LogP contribution in [0.3, 0.4) is 0 Å².